The second-order valence-electron chi connectivity index (χ2n) is 5.48. The second kappa shape index (κ2) is 7.94. The summed E-state index contributed by atoms with van der Waals surface area (Å²) in [6.07, 6.45) is 5.46. The van der Waals surface area contributed by atoms with Crippen LogP contribution in [0.1, 0.15) is 31.2 Å². The van der Waals surface area contributed by atoms with Crippen LogP contribution < -0.4 is 5.32 Å². The molecule has 2 N–H and O–H groups in total. The van der Waals surface area contributed by atoms with E-state index in [1.807, 2.05) is 18.5 Å². The molecule has 2 heterocycles. The van der Waals surface area contributed by atoms with Crippen molar-refractivity contribution < 1.29 is 5.11 Å². The monoisotopic (exact) mass is 283 g/mol. The molecule has 0 bridgehead atoms. The number of rotatable bonds is 7. The molecule has 1 aliphatic rings. The van der Waals surface area contributed by atoms with Crippen LogP contribution in [0.15, 0.2) is 11.6 Å². The normalized spacial score (nSPS) is 19.7. The molecule has 4 nitrogen and oxygen atoms in total. The van der Waals surface area contributed by atoms with Gasteiger partial charge in [0.1, 0.15) is 5.01 Å². The number of thiazole rings is 1. The third-order valence-corrected chi connectivity index (χ3v) is 4.50. The fourth-order valence-electron chi connectivity index (χ4n) is 2.67. The molecule has 0 radical (unpaired) electrons. The summed E-state index contributed by atoms with van der Waals surface area (Å²) in [6, 6.07) is 0. The van der Waals surface area contributed by atoms with Gasteiger partial charge in [0.25, 0.3) is 0 Å². The zero-order valence-electron chi connectivity index (χ0n) is 11.7. The number of aromatic nitrogens is 1. The van der Waals surface area contributed by atoms with Crippen LogP contribution in [0.3, 0.4) is 0 Å². The van der Waals surface area contributed by atoms with Gasteiger partial charge in [0.15, 0.2) is 0 Å². The first kappa shape index (κ1) is 14.9. The SMILES string of the molecule is CC(O)CN1CCC(CCNCc2nccs2)CC1. The van der Waals surface area contributed by atoms with Gasteiger partial charge < -0.3 is 15.3 Å². The van der Waals surface area contributed by atoms with Gasteiger partial charge in [-0.1, -0.05) is 0 Å². The number of hydrogen-bond acceptors (Lipinski definition) is 5. The molecule has 1 aromatic rings. The van der Waals surface area contributed by atoms with Crippen molar-refractivity contribution in [3.05, 3.63) is 16.6 Å². The van der Waals surface area contributed by atoms with E-state index < -0.39 is 0 Å². The zero-order valence-corrected chi connectivity index (χ0v) is 12.5. The first-order chi connectivity index (χ1) is 9.24. The smallest absolute Gasteiger partial charge is 0.106 e. The molecule has 1 unspecified atom stereocenters. The number of hydrogen-bond donors (Lipinski definition) is 2. The maximum Gasteiger partial charge on any atom is 0.106 e. The lowest BCUT2D eigenvalue weighted by molar-refractivity contribution is 0.0985. The van der Waals surface area contributed by atoms with Gasteiger partial charge in [-0.25, -0.2) is 4.98 Å². The highest BCUT2D eigenvalue weighted by Gasteiger charge is 2.19. The summed E-state index contributed by atoms with van der Waals surface area (Å²) < 4.78 is 0. The Morgan fingerprint density at radius 3 is 2.95 bits per heavy atom. The topological polar surface area (TPSA) is 48.4 Å². The molecular formula is C14H25N3OS. The highest BCUT2D eigenvalue weighted by atomic mass is 32.1. The van der Waals surface area contributed by atoms with E-state index >= 15 is 0 Å². The molecule has 0 aliphatic carbocycles. The van der Waals surface area contributed by atoms with Gasteiger partial charge in [-0.05, 0) is 51.7 Å². The van der Waals surface area contributed by atoms with Crippen LogP contribution in [0, 0.1) is 5.92 Å². The first-order valence-electron chi connectivity index (χ1n) is 7.23. The van der Waals surface area contributed by atoms with Crippen LogP contribution in [0.2, 0.25) is 0 Å². The summed E-state index contributed by atoms with van der Waals surface area (Å²) in [7, 11) is 0. The molecule has 0 spiro atoms. The van der Waals surface area contributed by atoms with Crippen molar-refractivity contribution in [1.82, 2.24) is 15.2 Å². The minimum absolute atomic E-state index is 0.198. The van der Waals surface area contributed by atoms with Crippen molar-refractivity contribution in [2.75, 3.05) is 26.2 Å². The van der Waals surface area contributed by atoms with Gasteiger partial charge in [0, 0.05) is 24.7 Å². The van der Waals surface area contributed by atoms with Gasteiger partial charge in [-0.2, -0.15) is 0 Å². The lowest BCUT2D eigenvalue weighted by atomic mass is 9.93. The van der Waals surface area contributed by atoms with Crippen molar-refractivity contribution in [2.45, 2.75) is 38.8 Å². The summed E-state index contributed by atoms with van der Waals surface area (Å²) >= 11 is 1.71. The number of nitrogens with one attached hydrogen (secondary N) is 1. The zero-order chi connectivity index (χ0) is 13.5. The Morgan fingerprint density at radius 1 is 1.53 bits per heavy atom. The highest BCUT2D eigenvalue weighted by molar-refractivity contribution is 7.09. The van der Waals surface area contributed by atoms with Crippen LogP contribution >= 0.6 is 11.3 Å². The van der Waals surface area contributed by atoms with Crippen LogP contribution in [0.5, 0.6) is 0 Å². The van der Waals surface area contributed by atoms with Gasteiger partial charge in [0.05, 0.1) is 6.10 Å². The predicted octanol–water partition coefficient (Wildman–Crippen LogP) is 1.72. The molecule has 0 saturated carbocycles. The maximum absolute atomic E-state index is 9.38. The molecule has 1 aromatic heterocycles. The van der Waals surface area contributed by atoms with Crippen LogP contribution in [0.4, 0.5) is 0 Å². The highest BCUT2D eigenvalue weighted by Crippen LogP contribution is 2.20. The minimum Gasteiger partial charge on any atom is -0.392 e. The minimum atomic E-state index is -0.198. The van der Waals surface area contributed by atoms with Crippen molar-refractivity contribution in [2.24, 2.45) is 5.92 Å². The van der Waals surface area contributed by atoms with Crippen molar-refractivity contribution in [3.8, 4) is 0 Å². The summed E-state index contributed by atoms with van der Waals surface area (Å²) in [5.74, 6) is 0.842. The maximum atomic E-state index is 9.38. The van der Waals surface area contributed by atoms with E-state index in [9.17, 15) is 5.11 Å². The number of aliphatic hydroxyl groups excluding tert-OH is 1. The molecule has 2 rings (SSSR count). The second-order valence-corrected chi connectivity index (χ2v) is 6.46. The summed E-state index contributed by atoms with van der Waals surface area (Å²) in [6.45, 7) is 6.97. The van der Waals surface area contributed by atoms with Gasteiger partial charge in [-0.3, -0.25) is 0 Å². The van der Waals surface area contributed by atoms with E-state index in [0.717, 1.165) is 38.6 Å². The molecule has 19 heavy (non-hydrogen) atoms. The molecular weight excluding hydrogens is 258 g/mol. The molecule has 1 aliphatic heterocycles. The van der Waals surface area contributed by atoms with E-state index in [1.165, 1.54) is 24.3 Å². The Balaban J connectivity index is 1.53. The molecule has 5 heteroatoms. The summed E-state index contributed by atoms with van der Waals surface area (Å²) in [5, 5.41) is 16.0. The van der Waals surface area contributed by atoms with Crippen molar-refractivity contribution in [1.29, 1.82) is 0 Å². The summed E-state index contributed by atoms with van der Waals surface area (Å²) in [4.78, 5) is 6.64. The van der Waals surface area contributed by atoms with Crippen LogP contribution in [-0.4, -0.2) is 47.3 Å². The fraction of sp³-hybridized carbons (Fsp3) is 0.786. The third kappa shape index (κ3) is 5.57. The lowest BCUT2D eigenvalue weighted by Gasteiger charge is -2.32. The van der Waals surface area contributed by atoms with E-state index in [0.29, 0.717) is 0 Å². The number of piperidine rings is 1. The average Bonchev–Trinajstić information content (AvgIpc) is 2.89. The number of nitrogens with zero attached hydrogens (tertiary/aromatic N) is 2. The standard InChI is InChI=1S/C14H25N3OS/c1-12(18)11-17-7-3-13(4-8-17)2-5-15-10-14-16-6-9-19-14/h6,9,12-13,15,18H,2-5,7-8,10-11H2,1H3. The lowest BCUT2D eigenvalue weighted by Crippen LogP contribution is -2.38. The van der Waals surface area contributed by atoms with Gasteiger partial charge in [-0.15, -0.1) is 11.3 Å². The number of aliphatic hydroxyl groups is 1. The van der Waals surface area contributed by atoms with Gasteiger partial charge >= 0.3 is 0 Å². The largest absolute Gasteiger partial charge is 0.392 e. The number of β-amino-alcohol motifs (C(OH)–C–C–N with tert-alkyl or cyclic N) is 1. The molecule has 108 valence electrons. The quantitative estimate of drug-likeness (QED) is 0.748. The fourth-order valence-corrected chi connectivity index (χ4v) is 3.26. The Hall–Kier alpha value is -0.490. The Labute approximate surface area is 119 Å². The summed E-state index contributed by atoms with van der Waals surface area (Å²) in [5.41, 5.74) is 0. The molecule has 1 saturated heterocycles. The third-order valence-electron chi connectivity index (χ3n) is 3.72. The van der Waals surface area contributed by atoms with Crippen molar-refractivity contribution >= 4 is 11.3 Å². The first-order valence-corrected chi connectivity index (χ1v) is 8.11. The Bertz CT molecular complexity index is 334. The van der Waals surface area contributed by atoms with E-state index in [2.05, 4.69) is 15.2 Å². The molecule has 0 aromatic carbocycles. The molecule has 1 fully saturated rings. The van der Waals surface area contributed by atoms with Crippen LogP contribution in [-0.2, 0) is 6.54 Å². The Kier molecular flexibility index (Phi) is 6.23. The van der Waals surface area contributed by atoms with Crippen molar-refractivity contribution in [3.63, 3.8) is 0 Å². The predicted molar refractivity (Wildman–Crippen MR) is 79.3 cm³/mol. The molecule has 0 amide bonds. The Morgan fingerprint density at radius 2 is 2.32 bits per heavy atom. The van der Waals surface area contributed by atoms with E-state index in [-0.39, 0.29) is 6.10 Å². The molecule has 1 atom stereocenters. The average molecular weight is 283 g/mol. The van der Waals surface area contributed by atoms with E-state index in [1.54, 1.807) is 11.3 Å². The van der Waals surface area contributed by atoms with Gasteiger partial charge in [0.2, 0.25) is 0 Å². The number of likely N-dealkylation sites (tertiary alicyclic amines) is 1. The van der Waals surface area contributed by atoms with Crippen LogP contribution in [0.25, 0.3) is 0 Å². The van der Waals surface area contributed by atoms with E-state index in [4.69, 9.17) is 0 Å².